The van der Waals surface area contributed by atoms with E-state index in [4.69, 9.17) is 0 Å². The van der Waals surface area contributed by atoms with E-state index in [1.165, 1.54) is 0 Å². The molecule has 2 aromatic rings. The lowest BCUT2D eigenvalue weighted by Gasteiger charge is -2.13. The lowest BCUT2D eigenvalue weighted by molar-refractivity contribution is -0.120. The van der Waals surface area contributed by atoms with E-state index in [1.807, 2.05) is 19.9 Å². The summed E-state index contributed by atoms with van der Waals surface area (Å²) in [6.07, 6.45) is 3.75. The van der Waals surface area contributed by atoms with Crippen LogP contribution in [0, 0.1) is 31.9 Å². The van der Waals surface area contributed by atoms with E-state index in [2.05, 4.69) is 47.7 Å². The summed E-state index contributed by atoms with van der Waals surface area (Å²) in [7, 11) is 0. The van der Waals surface area contributed by atoms with Crippen LogP contribution in [0.5, 0.6) is 0 Å². The highest BCUT2D eigenvalue weighted by atomic mass is 16.3. The maximum atomic E-state index is 12.3. The zero-order valence-electron chi connectivity index (χ0n) is 16.0. The van der Waals surface area contributed by atoms with Crippen molar-refractivity contribution in [2.24, 2.45) is 10.9 Å². The summed E-state index contributed by atoms with van der Waals surface area (Å²) in [6, 6.07) is 12.2. The maximum Gasteiger partial charge on any atom is 0.252 e. The molecule has 0 radical (unpaired) electrons. The summed E-state index contributed by atoms with van der Waals surface area (Å²) in [6.45, 7) is 9.91. The van der Waals surface area contributed by atoms with Crippen LogP contribution in [-0.4, -0.2) is 28.3 Å². The first kappa shape index (κ1) is 19.0. The topological polar surface area (TPSA) is 62.5 Å². The van der Waals surface area contributed by atoms with Crippen molar-refractivity contribution in [3.63, 3.8) is 0 Å². The number of aliphatic hydroxyl groups is 1. The summed E-state index contributed by atoms with van der Waals surface area (Å²) in [5.74, 6) is -0.561. The number of benzene rings is 1. The highest BCUT2D eigenvalue weighted by Gasteiger charge is 2.31. The summed E-state index contributed by atoms with van der Waals surface area (Å²) < 4.78 is 0. The monoisotopic (exact) mass is 360 g/mol. The van der Waals surface area contributed by atoms with Crippen molar-refractivity contribution in [2.45, 2.75) is 45.6 Å². The van der Waals surface area contributed by atoms with Crippen molar-refractivity contribution in [2.75, 3.05) is 0 Å². The molecule has 1 aromatic heterocycles. The number of hydrogen-bond acceptors (Lipinski definition) is 3. The van der Waals surface area contributed by atoms with Crippen molar-refractivity contribution in [3.05, 3.63) is 65.5 Å². The van der Waals surface area contributed by atoms with Gasteiger partial charge < -0.3 is 5.11 Å². The molecule has 1 saturated carbocycles. The van der Waals surface area contributed by atoms with Crippen molar-refractivity contribution >= 4 is 12.1 Å². The van der Waals surface area contributed by atoms with E-state index < -0.39 is 6.10 Å². The Labute approximate surface area is 160 Å². The maximum absolute atomic E-state index is 12.3. The molecule has 0 aliphatic heterocycles. The standard InChI is InChI=1S/C23H24N2O2/c1-14-10-18(21-6-5-9-24-17(21)4)7-8-20(14)16(3)13-25-23(27)22-12-19(26)11-15(22)2/h7-10,13,16,19,22,26H,2,11-12H2,1,3-4H3/t16-,19+,22?/m1/s1. The fourth-order valence-electron chi connectivity index (χ4n) is 3.61. The highest BCUT2D eigenvalue weighted by molar-refractivity contribution is 5.90. The molecule has 0 saturated heterocycles. The third kappa shape index (κ3) is 4.15. The number of aromatic nitrogens is 1. The van der Waals surface area contributed by atoms with E-state index >= 15 is 0 Å². The molecule has 1 aliphatic carbocycles. The van der Waals surface area contributed by atoms with Gasteiger partial charge in [-0.05, 0) is 49.4 Å². The Hall–Kier alpha value is -2.77. The van der Waals surface area contributed by atoms with Crippen LogP contribution >= 0.6 is 0 Å². The minimum atomic E-state index is -0.473. The quantitative estimate of drug-likeness (QED) is 0.662. The number of hydrogen-bond donors (Lipinski definition) is 1. The molecule has 0 spiro atoms. The Bertz CT molecular complexity index is 901. The van der Waals surface area contributed by atoms with Crippen LogP contribution in [0.1, 0.15) is 42.5 Å². The Morgan fingerprint density at radius 3 is 2.85 bits per heavy atom. The van der Waals surface area contributed by atoms with Crippen LogP contribution in [0.3, 0.4) is 0 Å². The Morgan fingerprint density at radius 2 is 2.22 bits per heavy atom. The smallest absolute Gasteiger partial charge is 0.252 e. The van der Waals surface area contributed by atoms with Gasteiger partial charge in [0.25, 0.3) is 5.91 Å². The van der Waals surface area contributed by atoms with Gasteiger partial charge in [-0.3, -0.25) is 9.78 Å². The first-order valence-electron chi connectivity index (χ1n) is 9.16. The predicted molar refractivity (Wildman–Crippen MR) is 107 cm³/mol. The second kappa shape index (κ2) is 7.85. The van der Waals surface area contributed by atoms with Gasteiger partial charge in [0.2, 0.25) is 0 Å². The molecule has 4 nitrogen and oxygen atoms in total. The van der Waals surface area contributed by atoms with Gasteiger partial charge >= 0.3 is 0 Å². The SMILES string of the molecule is C=C1C[C@H](O)CC1C(=O)N=C[C@@H](C)c1ccc(-c2c#ccnc2C)cc1C. The molecule has 1 aliphatic rings. The second-order valence-corrected chi connectivity index (χ2v) is 7.27. The lowest BCUT2D eigenvalue weighted by atomic mass is 9.93. The number of aliphatic imine (C=N–C) groups is 1. The molecule has 1 unspecified atom stereocenters. The van der Waals surface area contributed by atoms with E-state index in [1.54, 1.807) is 12.4 Å². The van der Waals surface area contributed by atoms with Crippen molar-refractivity contribution in [3.8, 4) is 11.1 Å². The first-order valence-corrected chi connectivity index (χ1v) is 9.16. The average Bonchev–Trinajstić information content (AvgIpc) is 2.98. The molecular formula is C23H24N2O2. The van der Waals surface area contributed by atoms with Crippen molar-refractivity contribution in [1.82, 2.24) is 4.98 Å². The van der Waals surface area contributed by atoms with Crippen molar-refractivity contribution < 1.29 is 9.90 Å². The van der Waals surface area contributed by atoms with Crippen LogP contribution in [0.25, 0.3) is 11.1 Å². The molecule has 3 atom stereocenters. The Morgan fingerprint density at radius 1 is 1.44 bits per heavy atom. The largest absolute Gasteiger partial charge is 0.393 e. The summed E-state index contributed by atoms with van der Waals surface area (Å²) in [4.78, 5) is 20.7. The van der Waals surface area contributed by atoms with Gasteiger partial charge in [0.05, 0.1) is 29.5 Å². The van der Waals surface area contributed by atoms with Crippen LogP contribution in [-0.2, 0) is 4.79 Å². The number of rotatable bonds is 4. The van der Waals surface area contributed by atoms with Gasteiger partial charge in [-0.25, -0.2) is 4.99 Å². The fraction of sp³-hybridized carbons (Fsp3) is 0.348. The average molecular weight is 360 g/mol. The number of carbonyl (C=O) groups is 1. The van der Waals surface area contributed by atoms with Crippen LogP contribution in [0.4, 0.5) is 0 Å². The third-order valence-electron chi connectivity index (χ3n) is 5.15. The minimum absolute atomic E-state index is 0.00753. The van der Waals surface area contributed by atoms with Gasteiger partial charge in [-0.1, -0.05) is 43.3 Å². The molecule has 138 valence electrons. The van der Waals surface area contributed by atoms with Gasteiger partial charge in [0.15, 0.2) is 0 Å². The van der Waals surface area contributed by atoms with Gasteiger partial charge in [-0.2, -0.15) is 0 Å². The number of aliphatic hydroxyl groups excluding tert-OH is 1. The molecule has 1 heterocycles. The fourth-order valence-corrected chi connectivity index (χ4v) is 3.61. The zero-order chi connectivity index (χ0) is 19.6. The van der Waals surface area contributed by atoms with Crippen LogP contribution in [0.15, 0.2) is 41.5 Å². The number of carbonyl (C=O) groups excluding carboxylic acids is 1. The number of aryl methyl sites for hydroxylation is 2. The first-order chi connectivity index (χ1) is 12.9. The van der Waals surface area contributed by atoms with Crippen LogP contribution < -0.4 is 0 Å². The summed E-state index contributed by atoms with van der Waals surface area (Å²) >= 11 is 0. The molecule has 27 heavy (non-hydrogen) atoms. The molecule has 4 heteroatoms. The predicted octanol–water partition coefficient (Wildman–Crippen LogP) is 3.99. The van der Waals surface area contributed by atoms with Gasteiger partial charge in [-0.15, -0.1) is 0 Å². The third-order valence-corrected chi connectivity index (χ3v) is 5.15. The molecule has 3 rings (SSSR count). The molecule has 0 bridgehead atoms. The molecule has 1 aromatic carbocycles. The summed E-state index contributed by atoms with van der Waals surface area (Å²) in [5.41, 5.74) is 5.93. The summed E-state index contributed by atoms with van der Waals surface area (Å²) in [5, 5.41) is 9.68. The van der Waals surface area contributed by atoms with Gasteiger partial charge in [0.1, 0.15) is 0 Å². The van der Waals surface area contributed by atoms with E-state index in [9.17, 15) is 9.90 Å². The zero-order valence-corrected chi connectivity index (χ0v) is 16.0. The van der Waals surface area contributed by atoms with E-state index in [0.717, 1.165) is 33.5 Å². The molecule has 1 fully saturated rings. The van der Waals surface area contributed by atoms with E-state index in [-0.39, 0.29) is 17.7 Å². The van der Waals surface area contributed by atoms with Gasteiger partial charge in [0, 0.05) is 12.1 Å². The van der Waals surface area contributed by atoms with E-state index in [0.29, 0.717) is 12.8 Å². The highest BCUT2D eigenvalue weighted by Crippen LogP contribution is 2.31. The Balaban J connectivity index is 1.75. The normalized spacial score (nSPS) is 20.7. The van der Waals surface area contributed by atoms with Crippen LogP contribution in [0.2, 0.25) is 0 Å². The lowest BCUT2D eigenvalue weighted by Crippen LogP contribution is -2.12. The number of nitrogens with zero attached hydrogens (tertiary/aromatic N) is 2. The number of amides is 1. The molecular weight excluding hydrogens is 336 g/mol. The van der Waals surface area contributed by atoms with Crippen molar-refractivity contribution in [1.29, 1.82) is 0 Å². The Kier molecular flexibility index (Phi) is 5.53. The molecule has 1 amide bonds. The second-order valence-electron chi connectivity index (χ2n) is 7.27. The minimum Gasteiger partial charge on any atom is -0.393 e. The molecule has 1 N–H and O–H groups in total.